The number of halogens is 1. The van der Waals surface area contributed by atoms with Crippen LogP contribution in [0.1, 0.15) is 15.9 Å². The monoisotopic (exact) mass is 338 g/mol. The summed E-state index contributed by atoms with van der Waals surface area (Å²) in [6.45, 7) is 1.79. The van der Waals surface area contributed by atoms with Gasteiger partial charge in [0.1, 0.15) is 11.6 Å². The lowest BCUT2D eigenvalue weighted by Gasteiger charge is -2.10. The van der Waals surface area contributed by atoms with Crippen molar-refractivity contribution in [2.24, 2.45) is 0 Å². The Hall–Kier alpha value is -2.61. The van der Waals surface area contributed by atoms with E-state index >= 15 is 0 Å². The molecule has 0 atom stereocenters. The second-order valence-electron chi connectivity index (χ2n) is 5.04. The Bertz CT molecular complexity index is 866. The Morgan fingerprint density at radius 1 is 1.13 bits per heavy atom. The minimum atomic E-state index is -3.68. The number of hydrogen-bond acceptors (Lipinski definition) is 4. The number of anilines is 2. The van der Waals surface area contributed by atoms with Crippen LogP contribution in [-0.2, 0) is 10.0 Å². The van der Waals surface area contributed by atoms with Crippen molar-refractivity contribution in [3.8, 4) is 5.75 Å². The van der Waals surface area contributed by atoms with E-state index in [9.17, 15) is 22.7 Å². The number of rotatable bonds is 4. The predicted molar refractivity (Wildman–Crippen MR) is 85.7 cm³/mol. The molecular weight excluding hydrogens is 323 g/mol. The zero-order valence-corrected chi connectivity index (χ0v) is 13.2. The summed E-state index contributed by atoms with van der Waals surface area (Å²) in [6, 6.07) is 7.97. The third-order valence-corrected chi connectivity index (χ3v) is 3.51. The molecule has 0 saturated heterocycles. The number of hydrogen-bond donors (Lipinski definition) is 3. The second-order valence-corrected chi connectivity index (χ2v) is 6.79. The van der Waals surface area contributed by atoms with Gasteiger partial charge in [0.15, 0.2) is 0 Å². The number of benzene rings is 2. The van der Waals surface area contributed by atoms with Crippen LogP contribution in [0, 0.1) is 12.7 Å². The van der Waals surface area contributed by atoms with Gasteiger partial charge in [-0.3, -0.25) is 9.52 Å². The maximum absolute atomic E-state index is 13.6. The van der Waals surface area contributed by atoms with E-state index in [1.807, 2.05) is 4.72 Å². The van der Waals surface area contributed by atoms with Gasteiger partial charge in [0.25, 0.3) is 5.91 Å². The summed E-state index contributed by atoms with van der Waals surface area (Å²) < 4.78 is 38.0. The minimum absolute atomic E-state index is 0.0402. The van der Waals surface area contributed by atoms with Crippen LogP contribution in [-0.4, -0.2) is 25.7 Å². The van der Waals surface area contributed by atoms with Crippen LogP contribution < -0.4 is 10.0 Å². The van der Waals surface area contributed by atoms with E-state index in [4.69, 9.17) is 0 Å². The quantitative estimate of drug-likeness (QED) is 0.746. The second kappa shape index (κ2) is 6.25. The summed E-state index contributed by atoms with van der Waals surface area (Å²) >= 11 is 0. The Morgan fingerprint density at radius 3 is 2.48 bits per heavy atom. The Kier molecular flexibility index (Phi) is 4.55. The average molecular weight is 338 g/mol. The lowest BCUT2D eigenvalue weighted by atomic mass is 10.1. The van der Waals surface area contributed by atoms with E-state index in [1.54, 1.807) is 19.1 Å². The molecule has 0 aliphatic carbocycles. The fourth-order valence-corrected chi connectivity index (χ4v) is 2.44. The maximum Gasteiger partial charge on any atom is 0.255 e. The minimum Gasteiger partial charge on any atom is -0.506 e. The van der Waals surface area contributed by atoms with Crippen LogP contribution in [0.5, 0.6) is 5.75 Å². The Morgan fingerprint density at radius 2 is 1.83 bits per heavy atom. The van der Waals surface area contributed by atoms with Gasteiger partial charge in [-0.2, -0.15) is 0 Å². The first-order valence-corrected chi connectivity index (χ1v) is 8.43. The van der Waals surface area contributed by atoms with Crippen molar-refractivity contribution < 1.29 is 22.7 Å². The molecule has 2 rings (SSSR count). The molecule has 0 fully saturated rings. The van der Waals surface area contributed by atoms with Gasteiger partial charge in [0, 0.05) is 5.56 Å². The highest BCUT2D eigenvalue weighted by atomic mass is 32.2. The van der Waals surface area contributed by atoms with Crippen LogP contribution in [0.4, 0.5) is 15.8 Å². The molecule has 0 spiro atoms. The first kappa shape index (κ1) is 16.8. The van der Waals surface area contributed by atoms with E-state index in [-0.39, 0.29) is 22.7 Å². The van der Waals surface area contributed by atoms with Gasteiger partial charge in [-0.25, -0.2) is 12.8 Å². The van der Waals surface area contributed by atoms with Gasteiger partial charge < -0.3 is 10.4 Å². The van der Waals surface area contributed by atoms with Crippen molar-refractivity contribution >= 4 is 27.3 Å². The number of nitrogens with one attached hydrogen (secondary N) is 2. The van der Waals surface area contributed by atoms with E-state index in [2.05, 4.69) is 5.32 Å². The number of aromatic hydroxyl groups is 1. The zero-order valence-electron chi connectivity index (χ0n) is 12.4. The molecule has 2 aromatic rings. The predicted octanol–water partition coefficient (Wildman–Crippen LogP) is 2.46. The highest BCUT2D eigenvalue weighted by Gasteiger charge is 2.14. The van der Waals surface area contributed by atoms with Crippen molar-refractivity contribution in [3.05, 3.63) is 53.3 Å². The van der Waals surface area contributed by atoms with Gasteiger partial charge in [-0.1, -0.05) is 6.07 Å². The molecule has 0 aliphatic rings. The van der Waals surface area contributed by atoms with Crippen molar-refractivity contribution in [2.45, 2.75) is 6.92 Å². The topological polar surface area (TPSA) is 95.5 Å². The molecule has 3 N–H and O–H groups in total. The third-order valence-electron chi connectivity index (χ3n) is 2.92. The van der Waals surface area contributed by atoms with Crippen LogP contribution in [0.25, 0.3) is 0 Å². The van der Waals surface area contributed by atoms with E-state index < -0.39 is 21.7 Å². The number of carbonyl (C=O) groups is 1. The molecule has 0 radical (unpaired) electrons. The number of sulfonamides is 1. The molecule has 23 heavy (non-hydrogen) atoms. The van der Waals surface area contributed by atoms with Crippen molar-refractivity contribution in [3.63, 3.8) is 0 Å². The van der Waals surface area contributed by atoms with Gasteiger partial charge in [0.05, 0.1) is 17.6 Å². The molecule has 0 unspecified atom stereocenters. The number of aryl methyl sites for hydroxylation is 1. The molecular formula is C15H15FN2O4S. The summed E-state index contributed by atoms with van der Waals surface area (Å²) in [4.78, 5) is 12.2. The highest BCUT2D eigenvalue weighted by molar-refractivity contribution is 7.92. The van der Waals surface area contributed by atoms with Gasteiger partial charge >= 0.3 is 0 Å². The van der Waals surface area contributed by atoms with Crippen LogP contribution in [0.3, 0.4) is 0 Å². The molecule has 122 valence electrons. The van der Waals surface area contributed by atoms with Gasteiger partial charge in [-0.15, -0.1) is 0 Å². The third kappa shape index (κ3) is 4.43. The zero-order chi connectivity index (χ0) is 17.2. The van der Waals surface area contributed by atoms with E-state index in [0.717, 1.165) is 24.0 Å². The fraction of sp³-hybridized carbons (Fsp3) is 0.133. The Labute approximate surface area is 133 Å². The molecule has 6 nitrogen and oxygen atoms in total. The first-order chi connectivity index (χ1) is 10.7. The number of phenols is 1. The standard InChI is InChI=1S/C15H15FN2O4S/c1-9-3-6-14(19)13(7-9)17-15(20)10-4-5-11(16)12(8-10)18-23(2,21)22/h3-8,18-19H,1-2H3,(H,17,20). The molecule has 0 bridgehead atoms. The normalized spacial score (nSPS) is 11.1. The first-order valence-electron chi connectivity index (χ1n) is 6.54. The molecule has 0 aromatic heterocycles. The average Bonchev–Trinajstić information content (AvgIpc) is 2.43. The molecule has 1 amide bonds. The SMILES string of the molecule is Cc1ccc(O)c(NC(=O)c2ccc(F)c(NS(C)(=O)=O)c2)c1. The molecule has 2 aromatic carbocycles. The summed E-state index contributed by atoms with van der Waals surface area (Å²) in [5, 5.41) is 12.2. The highest BCUT2D eigenvalue weighted by Crippen LogP contribution is 2.25. The summed E-state index contributed by atoms with van der Waals surface area (Å²) in [6.07, 6.45) is 0.879. The smallest absolute Gasteiger partial charge is 0.255 e. The van der Waals surface area contributed by atoms with Crippen molar-refractivity contribution in [1.29, 1.82) is 0 Å². The number of phenolic OH excluding ortho intramolecular Hbond substituents is 1. The largest absolute Gasteiger partial charge is 0.506 e. The van der Waals surface area contributed by atoms with Crippen LogP contribution >= 0.6 is 0 Å². The molecule has 0 heterocycles. The lowest BCUT2D eigenvalue weighted by Crippen LogP contribution is -2.15. The number of amides is 1. The lowest BCUT2D eigenvalue weighted by molar-refractivity contribution is 0.102. The van der Waals surface area contributed by atoms with Gasteiger partial charge in [-0.05, 0) is 42.8 Å². The van der Waals surface area contributed by atoms with Crippen molar-refractivity contribution in [1.82, 2.24) is 0 Å². The number of carbonyl (C=O) groups excluding carboxylic acids is 1. The fourth-order valence-electron chi connectivity index (χ4n) is 1.89. The molecule has 0 saturated carbocycles. The maximum atomic E-state index is 13.6. The van der Waals surface area contributed by atoms with Crippen LogP contribution in [0.2, 0.25) is 0 Å². The summed E-state index contributed by atoms with van der Waals surface area (Å²) in [7, 11) is -3.68. The van der Waals surface area contributed by atoms with Crippen LogP contribution in [0.15, 0.2) is 36.4 Å². The van der Waals surface area contributed by atoms with Crippen molar-refractivity contribution in [2.75, 3.05) is 16.3 Å². The Balaban J connectivity index is 2.29. The van der Waals surface area contributed by atoms with Gasteiger partial charge in [0.2, 0.25) is 10.0 Å². The molecule has 8 heteroatoms. The molecule has 0 aliphatic heterocycles. The summed E-state index contributed by atoms with van der Waals surface area (Å²) in [5.74, 6) is -1.52. The van der Waals surface area contributed by atoms with E-state index in [0.29, 0.717) is 0 Å². The van der Waals surface area contributed by atoms with E-state index in [1.165, 1.54) is 12.1 Å². The summed E-state index contributed by atoms with van der Waals surface area (Å²) in [5.41, 5.74) is 0.751.